The lowest BCUT2D eigenvalue weighted by Crippen LogP contribution is -2.28. The van der Waals surface area contributed by atoms with Crippen LogP contribution in [0.3, 0.4) is 0 Å². The van der Waals surface area contributed by atoms with E-state index in [4.69, 9.17) is 0 Å². The van der Waals surface area contributed by atoms with Crippen molar-refractivity contribution in [1.82, 2.24) is 19.3 Å². The number of aliphatic hydroxyl groups is 1. The highest BCUT2D eigenvalue weighted by molar-refractivity contribution is 7.98. The molecular formula is C17H22N6O3S3. The summed E-state index contributed by atoms with van der Waals surface area (Å²) in [6, 6.07) is 4.84. The maximum absolute atomic E-state index is 12.3. The number of hydrogen-bond donors (Lipinski definition) is 3. The van der Waals surface area contributed by atoms with E-state index < -0.39 is 16.1 Å². The number of benzene rings is 1. The maximum Gasteiger partial charge on any atom is 0.242 e. The lowest BCUT2D eigenvalue weighted by molar-refractivity contribution is 0.200. The zero-order chi connectivity index (χ0) is 21.0. The van der Waals surface area contributed by atoms with Gasteiger partial charge in [-0.15, -0.1) is 11.8 Å². The minimum absolute atomic E-state index is 0.224. The molecule has 3 rings (SSSR count). The SMILES string of the molecule is CSc1cnc(NC[C@@H](O)CNc2nc3ccc(S(=O)(=O)N(C)C)cc3s2)nc1. The van der Waals surface area contributed by atoms with Gasteiger partial charge in [-0.05, 0) is 24.5 Å². The van der Waals surface area contributed by atoms with E-state index in [1.165, 1.54) is 29.7 Å². The van der Waals surface area contributed by atoms with E-state index in [2.05, 4.69) is 25.6 Å². The van der Waals surface area contributed by atoms with Crippen molar-refractivity contribution >= 4 is 54.4 Å². The highest BCUT2D eigenvalue weighted by Crippen LogP contribution is 2.28. The van der Waals surface area contributed by atoms with E-state index >= 15 is 0 Å². The van der Waals surface area contributed by atoms with Crippen LogP contribution in [0.5, 0.6) is 0 Å². The standard InChI is InChI=1S/C17H22N6O3S3/c1-23(2)29(25,26)13-4-5-14-15(6-13)28-17(22-14)21-8-11(24)7-18-16-19-9-12(27-3)10-20-16/h4-6,9-11,24H,7-8H2,1-3H3,(H,21,22)(H,18,19,20)/t11-/m1/s1. The lowest BCUT2D eigenvalue weighted by Gasteiger charge is -2.12. The number of thiazole rings is 1. The van der Waals surface area contributed by atoms with Crippen molar-refractivity contribution in [3.05, 3.63) is 30.6 Å². The van der Waals surface area contributed by atoms with Crippen molar-refractivity contribution in [3.63, 3.8) is 0 Å². The van der Waals surface area contributed by atoms with Gasteiger partial charge in [0.15, 0.2) is 5.13 Å². The number of aliphatic hydroxyl groups excluding tert-OH is 1. The number of nitrogens with one attached hydrogen (secondary N) is 2. The summed E-state index contributed by atoms with van der Waals surface area (Å²) < 4.78 is 26.5. The number of sulfonamides is 1. The first-order valence-electron chi connectivity index (χ1n) is 8.64. The van der Waals surface area contributed by atoms with Gasteiger partial charge in [0.05, 0.1) is 21.2 Å². The van der Waals surface area contributed by atoms with Crippen molar-refractivity contribution in [1.29, 1.82) is 0 Å². The summed E-state index contributed by atoms with van der Waals surface area (Å²) in [4.78, 5) is 14.0. The van der Waals surface area contributed by atoms with Crippen LogP contribution in [0.4, 0.5) is 11.1 Å². The molecule has 0 radical (unpaired) electrons. The molecule has 2 aromatic heterocycles. The lowest BCUT2D eigenvalue weighted by atomic mass is 10.3. The van der Waals surface area contributed by atoms with Gasteiger partial charge in [0, 0.05) is 44.5 Å². The monoisotopic (exact) mass is 454 g/mol. The third-order valence-corrected chi connectivity index (χ3v) is 7.46. The Balaban J connectivity index is 1.58. The second kappa shape index (κ2) is 9.22. The van der Waals surface area contributed by atoms with E-state index in [-0.39, 0.29) is 18.0 Å². The molecule has 0 fully saturated rings. The molecule has 29 heavy (non-hydrogen) atoms. The van der Waals surface area contributed by atoms with Crippen LogP contribution in [-0.4, -0.2) is 72.3 Å². The van der Waals surface area contributed by atoms with Gasteiger partial charge in [0.2, 0.25) is 16.0 Å². The Morgan fingerprint density at radius 2 is 1.90 bits per heavy atom. The number of thioether (sulfide) groups is 1. The molecule has 0 saturated heterocycles. The Bertz CT molecular complexity index is 1070. The van der Waals surface area contributed by atoms with Crippen molar-refractivity contribution in [2.24, 2.45) is 0 Å². The fourth-order valence-corrected chi connectivity index (χ4v) is 4.58. The van der Waals surface area contributed by atoms with E-state index in [0.29, 0.717) is 16.6 Å². The summed E-state index contributed by atoms with van der Waals surface area (Å²) in [6.45, 7) is 0.556. The molecule has 0 bridgehead atoms. The molecule has 0 aliphatic carbocycles. The molecule has 3 aromatic rings. The fourth-order valence-electron chi connectivity index (χ4n) is 2.35. The molecule has 0 spiro atoms. The highest BCUT2D eigenvalue weighted by Gasteiger charge is 2.18. The smallest absolute Gasteiger partial charge is 0.242 e. The van der Waals surface area contributed by atoms with Crippen molar-refractivity contribution < 1.29 is 13.5 Å². The van der Waals surface area contributed by atoms with Gasteiger partial charge in [-0.2, -0.15) is 0 Å². The number of nitrogens with zero attached hydrogens (tertiary/aromatic N) is 4. The summed E-state index contributed by atoms with van der Waals surface area (Å²) in [5.74, 6) is 0.455. The van der Waals surface area contributed by atoms with Gasteiger partial charge in [-0.3, -0.25) is 0 Å². The van der Waals surface area contributed by atoms with Crippen LogP contribution >= 0.6 is 23.1 Å². The van der Waals surface area contributed by atoms with Crippen molar-refractivity contribution in [2.45, 2.75) is 15.9 Å². The molecule has 2 heterocycles. The van der Waals surface area contributed by atoms with E-state index in [9.17, 15) is 13.5 Å². The zero-order valence-electron chi connectivity index (χ0n) is 16.2. The summed E-state index contributed by atoms with van der Waals surface area (Å²) in [5, 5.41) is 16.8. The van der Waals surface area contributed by atoms with Gasteiger partial charge >= 0.3 is 0 Å². The molecule has 1 atom stereocenters. The van der Waals surface area contributed by atoms with Crippen LogP contribution in [0.25, 0.3) is 10.2 Å². The number of aromatic nitrogens is 3. The molecule has 0 unspecified atom stereocenters. The molecule has 1 aromatic carbocycles. The molecule has 0 saturated carbocycles. The molecule has 9 nitrogen and oxygen atoms in total. The minimum atomic E-state index is -3.49. The average Bonchev–Trinajstić information content (AvgIpc) is 3.13. The molecule has 0 amide bonds. The molecular weight excluding hydrogens is 432 g/mol. The quantitative estimate of drug-likeness (QED) is 0.417. The molecule has 0 aliphatic rings. The average molecular weight is 455 g/mol. The summed E-state index contributed by atoms with van der Waals surface area (Å²) in [6.07, 6.45) is 4.70. The first-order valence-corrected chi connectivity index (χ1v) is 12.1. The molecule has 0 aliphatic heterocycles. The summed E-state index contributed by atoms with van der Waals surface area (Å²) in [7, 11) is -0.499. The Hall–Kier alpha value is -1.99. The van der Waals surface area contributed by atoms with Gasteiger partial charge in [-0.25, -0.2) is 27.7 Å². The number of anilines is 2. The fraction of sp³-hybridized carbons (Fsp3) is 0.353. The van der Waals surface area contributed by atoms with Crippen LogP contribution < -0.4 is 10.6 Å². The maximum atomic E-state index is 12.3. The van der Waals surface area contributed by atoms with E-state index in [1.54, 1.807) is 42.4 Å². The predicted octanol–water partition coefficient (Wildman–Crippen LogP) is 1.94. The molecule has 3 N–H and O–H groups in total. The van der Waals surface area contributed by atoms with Gasteiger partial charge in [-0.1, -0.05) is 11.3 Å². The van der Waals surface area contributed by atoms with E-state index in [1.807, 2.05) is 6.26 Å². The largest absolute Gasteiger partial charge is 0.389 e. The third-order valence-electron chi connectivity index (χ3n) is 3.99. The second-order valence-electron chi connectivity index (χ2n) is 6.30. The minimum Gasteiger partial charge on any atom is -0.389 e. The number of rotatable bonds is 9. The van der Waals surface area contributed by atoms with Gasteiger partial charge in [0.25, 0.3) is 0 Å². The van der Waals surface area contributed by atoms with E-state index in [0.717, 1.165) is 9.60 Å². The Labute approximate surface area is 177 Å². The molecule has 156 valence electrons. The van der Waals surface area contributed by atoms with Crippen molar-refractivity contribution in [3.8, 4) is 0 Å². The number of hydrogen-bond acceptors (Lipinski definition) is 10. The van der Waals surface area contributed by atoms with Crippen LogP contribution in [0.1, 0.15) is 0 Å². The normalized spacial score (nSPS) is 13.0. The van der Waals surface area contributed by atoms with Gasteiger partial charge in [0.1, 0.15) is 0 Å². The molecule has 12 heteroatoms. The van der Waals surface area contributed by atoms with Crippen LogP contribution in [0.2, 0.25) is 0 Å². The van der Waals surface area contributed by atoms with Crippen LogP contribution in [0.15, 0.2) is 40.4 Å². The summed E-state index contributed by atoms with van der Waals surface area (Å²) in [5.41, 5.74) is 0.699. The van der Waals surface area contributed by atoms with Gasteiger partial charge < -0.3 is 15.7 Å². The van der Waals surface area contributed by atoms with Crippen molar-refractivity contribution in [2.75, 3.05) is 44.1 Å². The Morgan fingerprint density at radius 3 is 2.55 bits per heavy atom. The predicted molar refractivity (Wildman–Crippen MR) is 117 cm³/mol. The second-order valence-corrected chi connectivity index (χ2v) is 10.4. The third kappa shape index (κ3) is 5.34. The van der Waals surface area contributed by atoms with Crippen LogP contribution in [0, 0.1) is 0 Å². The Kier molecular flexibility index (Phi) is 6.90. The first kappa shape index (κ1) is 21.7. The topological polar surface area (TPSA) is 120 Å². The zero-order valence-corrected chi connectivity index (χ0v) is 18.6. The first-order chi connectivity index (χ1) is 13.8. The van der Waals surface area contributed by atoms with Crippen LogP contribution in [-0.2, 0) is 10.0 Å². The number of fused-ring (bicyclic) bond motifs is 1. The Morgan fingerprint density at radius 1 is 1.21 bits per heavy atom. The highest BCUT2D eigenvalue weighted by atomic mass is 32.2. The summed E-state index contributed by atoms with van der Waals surface area (Å²) >= 11 is 2.90.